The Hall–Kier alpha value is -2.79. The summed E-state index contributed by atoms with van der Waals surface area (Å²) < 4.78 is 15.0. The number of epoxide rings is 1. The number of hydrogen-bond donors (Lipinski definition) is 3. The zero-order valence-corrected chi connectivity index (χ0v) is 18.4. The minimum Gasteiger partial charge on any atom is -0.382 e. The number of rotatable bonds is 12. The number of aryl methyl sites for hydroxylation is 1. The second kappa shape index (κ2) is 10.5. The highest BCUT2D eigenvalue weighted by atomic mass is 16.6. The SMILES string of the molecule is COCC(NC(=O)c1cc(C)on1)C(=O)NCC(=O)N[C@@H](CC(C)C)C(=O)C1(C)CO1. The third-order valence-electron chi connectivity index (χ3n) is 4.70. The van der Waals surface area contributed by atoms with Crippen molar-refractivity contribution in [2.75, 3.05) is 26.9 Å². The summed E-state index contributed by atoms with van der Waals surface area (Å²) in [5, 5.41) is 11.2. The first-order chi connectivity index (χ1) is 14.6. The van der Waals surface area contributed by atoms with Crippen molar-refractivity contribution in [3.8, 4) is 0 Å². The fraction of sp³-hybridized carbons (Fsp3) is 0.650. The van der Waals surface area contributed by atoms with Crippen LogP contribution < -0.4 is 16.0 Å². The first kappa shape index (κ1) is 24.5. The van der Waals surface area contributed by atoms with Crippen LogP contribution in [-0.2, 0) is 23.9 Å². The molecule has 1 aliphatic rings. The van der Waals surface area contributed by atoms with Crippen molar-refractivity contribution in [2.24, 2.45) is 5.92 Å². The molecule has 1 fully saturated rings. The van der Waals surface area contributed by atoms with Crippen LogP contribution in [0.1, 0.15) is 43.4 Å². The van der Waals surface area contributed by atoms with Gasteiger partial charge >= 0.3 is 0 Å². The second-order valence-corrected chi connectivity index (χ2v) is 8.16. The highest BCUT2D eigenvalue weighted by molar-refractivity contribution is 5.98. The lowest BCUT2D eigenvalue weighted by atomic mass is 9.93. The fourth-order valence-corrected chi connectivity index (χ4v) is 2.91. The topological polar surface area (TPSA) is 152 Å². The van der Waals surface area contributed by atoms with Crippen molar-refractivity contribution in [2.45, 2.75) is 51.8 Å². The Balaban J connectivity index is 1.90. The standard InChI is InChI=1S/C20H30N4O7/c1-11(2)6-13(17(26)20(4)10-30-20)22-16(25)8-21-18(27)15(9-29-5)23-19(28)14-7-12(3)31-24-14/h7,11,13,15H,6,8-10H2,1-5H3,(H,21,27)(H,22,25)(H,23,28)/t13-,15?,20?/m0/s1. The molecule has 1 aliphatic heterocycles. The summed E-state index contributed by atoms with van der Waals surface area (Å²) in [5.74, 6) is -1.31. The quantitative estimate of drug-likeness (QED) is 0.377. The Bertz CT molecular complexity index is 816. The van der Waals surface area contributed by atoms with Gasteiger partial charge in [0.1, 0.15) is 17.4 Å². The van der Waals surface area contributed by atoms with E-state index in [9.17, 15) is 19.2 Å². The van der Waals surface area contributed by atoms with Crippen molar-refractivity contribution >= 4 is 23.5 Å². The van der Waals surface area contributed by atoms with Gasteiger partial charge in [-0.25, -0.2) is 0 Å². The molecule has 0 aliphatic carbocycles. The molecular formula is C20H30N4O7. The van der Waals surface area contributed by atoms with E-state index >= 15 is 0 Å². The number of methoxy groups -OCH3 is 1. The van der Waals surface area contributed by atoms with E-state index in [1.54, 1.807) is 13.8 Å². The van der Waals surface area contributed by atoms with E-state index in [-0.39, 0.29) is 30.5 Å². The summed E-state index contributed by atoms with van der Waals surface area (Å²) in [6.07, 6.45) is 0.455. The van der Waals surface area contributed by atoms with Gasteiger partial charge in [0, 0.05) is 13.2 Å². The molecule has 3 N–H and O–H groups in total. The number of aromatic nitrogens is 1. The number of hydrogen-bond acceptors (Lipinski definition) is 8. The molecule has 2 unspecified atom stereocenters. The zero-order chi connectivity index (χ0) is 23.2. The Morgan fingerprint density at radius 3 is 2.42 bits per heavy atom. The van der Waals surface area contributed by atoms with E-state index in [1.807, 2.05) is 13.8 Å². The normalized spacial score (nSPS) is 19.4. The Labute approximate surface area is 180 Å². The van der Waals surface area contributed by atoms with E-state index in [2.05, 4.69) is 21.1 Å². The van der Waals surface area contributed by atoms with Crippen molar-refractivity contribution in [1.82, 2.24) is 21.1 Å². The average Bonchev–Trinajstić information content (AvgIpc) is 3.30. The largest absolute Gasteiger partial charge is 0.382 e. The van der Waals surface area contributed by atoms with Crippen LogP contribution in [0.4, 0.5) is 0 Å². The summed E-state index contributed by atoms with van der Waals surface area (Å²) >= 11 is 0. The van der Waals surface area contributed by atoms with E-state index < -0.39 is 35.4 Å². The molecule has 0 bridgehead atoms. The van der Waals surface area contributed by atoms with E-state index in [0.717, 1.165) is 0 Å². The number of ether oxygens (including phenoxy) is 2. The van der Waals surface area contributed by atoms with Crippen molar-refractivity contribution in [3.05, 3.63) is 17.5 Å². The maximum Gasteiger partial charge on any atom is 0.274 e. The van der Waals surface area contributed by atoms with Gasteiger partial charge in [0.05, 0.1) is 25.8 Å². The summed E-state index contributed by atoms with van der Waals surface area (Å²) in [6, 6.07) is -0.323. The maximum absolute atomic E-state index is 12.6. The highest BCUT2D eigenvalue weighted by Gasteiger charge is 2.50. The van der Waals surface area contributed by atoms with Gasteiger partial charge in [-0.3, -0.25) is 19.2 Å². The Morgan fingerprint density at radius 2 is 1.90 bits per heavy atom. The maximum atomic E-state index is 12.6. The molecule has 172 valence electrons. The van der Waals surface area contributed by atoms with Gasteiger partial charge in [0.25, 0.3) is 5.91 Å². The predicted octanol–water partition coefficient (Wildman–Crippen LogP) is -0.267. The summed E-state index contributed by atoms with van der Waals surface area (Å²) in [4.78, 5) is 49.6. The van der Waals surface area contributed by atoms with Gasteiger partial charge in [-0.2, -0.15) is 0 Å². The molecule has 0 saturated carbocycles. The third-order valence-corrected chi connectivity index (χ3v) is 4.70. The predicted molar refractivity (Wildman–Crippen MR) is 108 cm³/mol. The van der Waals surface area contributed by atoms with Crippen LogP contribution in [-0.4, -0.2) is 73.2 Å². The smallest absolute Gasteiger partial charge is 0.274 e. The van der Waals surface area contributed by atoms with Crippen LogP contribution in [0.3, 0.4) is 0 Å². The monoisotopic (exact) mass is 438 g/mol. The van der Waals surface area contributed by atoms with Gasteiger partial charge < -0.3 is 29.9 Å². The molecule has 2 rings (SSSR count). The Kier molecular flexibility index (Phi) is 8.28. The lowest BCUT2D eigenvalue weighted by molar-refractivity contribution is -0.131. The van der Waals surface area contributed by atoms with Crippen LogP contribution in [0.25, 0.3) is 0 Å². The molecule has 3 atom stereocenters. The molecule has 31 heavy (non-hydrogen) atoms. The van der Waals surface area contributed by atoms with Gasteiger partial charge in [-0.15, -0.1) is 0 Å². The lowest BCUT2D eigenvalue weighted by Crippen LogP contribution is -2.53. The van der Waals surface area contributed by atoms with Crippen LogP contribution in [0.2, 0.25) is 0 Å². The van der Waals surface area contributed by atoms with E-state index in [1.165, 1.54) is 13.2 Å². The molecule has 0 spiro atoms. The average molecular weight is 438 g/mol. The number of carbonyl (C=O) groups excluding carboxylic acids is 4. The highest BCUT2D eigenvalue weighted by Crippen LogP contribution is 2.29. The van der Waals surface area contributed by atoms with E-state index in [4.69, 9.17) is 14.0 Å². The molecule has 1 saturated heterocycles. The number of carbonyl (C=O) groups is 4. The molecule has 11 nitrogen and oxygen atoms in total. The minimum atomic E-state index is -1.05. The molecule has 2 heterocycles. The summed E-state index contributed by atoms with van der Waals surface area (Å²) in [7, 11) is 1.38. The number of nitrogens with zero attached hydrogens (tertiary/aromatic N) is 1. The van der Waals surface area contributed by atoms with Crippen LogP contribution in [0.15, 0.2) is 10.6 Å². The van der Waals surface area contributed by atoms with Crippen molar-refractivity contribution in [3.63, 3.8) is 0 Å². The molecular weight excluding hydrogens is 408 g/mol. The van der Waals surface area contributed by atoms with Crippen molar-refractivity contribution in [1.29, 1.82) is 0 Å². The summed E-state index contributed by atoms with van der Waals surface area (Å²) in [6.45, 7) is 7.06. The molecule has 1 aromatic heterocycles. The number of ketones is 1. The summed E-state index contributed by atoms with van der Waals surface area (Å²) in [5.41, 5.74) is -0.835. The van der Waals surface area contributed by atoms with Gasteiger partial charge in [0.2, 0.25) is 11.8 Å². The number of amides is 3. The van der Waals surface area contributed by atoms with Crippen LogP contribution in [0.5, 0.6) is 0 Å². The molecule has 0 aromatic carbocycles. The number of Topliss-reactive ketones (excluding diaryl/α,β-unsaturated/α-hetero) is 1. The fourth-order valence-electron chi connectivity index (χ4n) is 2.91. The molecule has 0 radical (unpaired) electrons. The Morgan fingerprint density at radius 1 is 1.23 bits per heavy atom. The first-order valence-electron chi connectivity index (χ1n) is 10.0. The zero-order valence-electron chi connectivity index (χ0n) is 18.4. The van der Waals surface area contributed by atoms with Gasteiger partial charge in [0.15, 0.2) is 11.5 Å². The van der Waals surface area contributed by atoms with Gasteiger partial charge in [-0.1, -0.05) is 19.0 Å². The number of nitrogens with one attached hydrogen (secondary N) is 3. The first-order valence-corrected chi connectivity index (χ1v) is 10.0. The van der Waals surface area contributed by atoms with Gasteiger partial charge in [-0.05, 0) is 26.2 Å². The van der Waals surface area contributed by atoms with Crippen LogP contribution in [0, 0.1) is 12.8 Å². The van der Waals surface area contributed by atoms with E-state index in [0.29, 0.717) is 18.8 Å². The minimum absolute atomic E-state index is 0.0231. The molecule has 1 aromatic rings. The third kappa shape index (κ3) is 7.14. The molecule has 3 amide bonds. The molecule has 11 heteroatoms. The second-order valence-electron chi connectivity index (χ2n) is 8.16. The van der Waals surface area contributed by atoms with Crippen LogP contribution >= 0.6 is 0 Å². The van der Waals surface area contributed by atoms with Crippen molar-refractivity contribution < 1.29 is 33.2 Å². The lowest BCUT2D eigenvalue weighted by Gasteiger charge is -2.22.